The number of aliphatic hydroxyl groups excluding tert-OH is 1. The van der Waals surface area contributed by atoms with Crippen molar-refractivity contribution in [1.29, 1.82) is 0 Å². The number of hydrogen-bond donors (Lipinski definition) is 2. The van der Waals surface area contributed by atoms with Crippen LogP contribution in [0.5, 0.6) is 0 Å². The summed E-state index contributed by atoms with van der Waals surface area (Å²) >= 11 is 1.28. The molecule has 0 aliphatic carbocycles. The van der Waals surface area contributed by atoms with Crippen LogP contribution < -0.4 is 5.32 Å². The molecule has 1 heterocycles. The summed E-state index contributed by atoms with van der Waals surface area (Å²) in [5, 5.41) is 12.3. The van der Waals surface area contributed by atoms with Crippen molar-refractivity contribution in [2.24, 2.45) is 0 Å². The minimum absolute atomic E-state index is 0.0490. The molecule has 2 N–H and O–H groups in total. The summed E-state index contributed by atoms with van der Waals surface area (Å²) in [6, 6.07) is 0.0490. The average molecular weight is 159 g/mol. The topological polar surface area (TPSA) is 58.0 Å². The van der Waals surface area contributed by atoms with Crippen molar-refractivity contribution in [3.05, 3.63) is 6.33 Å². The Morgan fingerprint density at radius 3 is 3.20 bits per heavy atom. The fourth-order valence-electron chi connectivity index (χ4n) is 0.493. The number of aliphatic hydroxyl groups is 1. The molecule has 0 saturated heterocycles. The van der Waals surface area contributed by atoms with Gasteiger partial charge in [-0.05, 0) is 6.92 Å². The third kappa shape index (κ3) is 1.93. The lowest BCUT2D eigenvalue weighted by Crippen LogP contribution is -2.18. The molecular formula is C5H9N3OS. The molecule has 1 aromatic rings. The minimum atomic E-state index is 0.0490. The number of hydrogen-bond acceptors (Lipinski definition) is 5. The smallest absolute Gasteiger partial charge is 0.202 e. The van der Waals surface area contributed by atoms with Crippen molar-refractivity contribution in [2.75, 3.05) is 11.9 Å². The zero-order valence-electron chi connectivity index (χ0n) is 5.61. The van der Waals surface area contributed by atoms with Crippen LogP contribution in [0.4, 0.5) is 5.13 Å². The largest absolute Gasteiger partial charge is 0.394 e. The van der Waals surface area contributed by atoms with Gasteiger partial charge in [0.25, 0.3) is 0 Å². The van der Waals surface area contributed by atoms with E-state index in [4.69, 9.17) is 5.11 Å². The first kappa shape index (κ1) is 7.43. The van der Waals surface area contributed by atoms with Gasteiger partial charge in [0.15, 0.2) is 0 Å². The van der Waals surface area contributed by atoms with Gasteiger partial charge in [0.1, 0.15) is 6.33 Å². The molecule has 56 valence electrons. The normalized spacial score (nSPS) is 13.0. The van der Waals surface area contributed by atoms with Crippen molar-refractivity contribution in [1.82, 2.24) is 9.36 Å². The van der Waals surface area contributed by atoms with Gasteiger partial charge in [0.2, 0.25) is 5.13 Å². The summed E-state index contributed by atoms with van der Waals surface area (Å²) in [6.07, 6.45) is 1.48. The van der Waals surface area contributed by atoms with E-state index in [-0.39, 0.29) is 12.6 Å². The fourth-order valence-corrected chi connectivity index (χ4v) is 1.04. The molecule has 1 atom stereocenters. The van der Waals surface area contributed by atoms with Crippen LogP contribution in [0.25, 0.3) is 0 Å². The van der Waals surface area contributed by atoms with Gasteiger partial charge >= 0.3 is 0 Å². The first-order valence-electron chi connectivity index (χ1n) is 2.97. The van der Waals surface area contributed by atoms with Gasteiger partial charge in [0.05, 0.1) is 6.61 Å². The van der Waals surface area contributed by atoms with Crippen LogP contribution >= 0.6 is 11.5 Å². The predicted molar refractivity (Wildman–Crippen MR) is 40.1 cm³/mol. The van der Waals surface area contributed by atoms with E-state index in [0.29, 0.717) is 0 Å². The second kappa shape index (κ2) is 3.48. The fraction of sp³-hybridized carbons (Fsp3) is 0.600. The molecular weight excluding hydrogens is 150 g/mol. The maximum absolute atomic E-state index is 8.63. The molecule has 0 aliphatic rings. The third-order valence-electron chi connectivity index (χ3n) is 1.01. The van der Waals surface area contributed by atoms with E-state index in [1.807, 2.05) is 6.92 Å². The van der Waals surface area contributed by atoms with E-state index in [2.05, 4.69) is 14.7 Å². The highest BCUT2D eigenvalue weighted by Gasteiger charge is 2.00. The maximum Gasteiger partial charge on any atom is 0.202 e. The van der Waals surface area contributed by atoms with Crippen molar-refractivity contribution < 1.29 is 5.11 Å². The van der Waals surface area contributed by atoms with Crippen LogP contribution in [-0.4, -0.2) is 27.1 Å². The van der Waals surface area contributed by atoms with Gasteiger partial charge in [0, 0.05) is 17.6 Å². The molecule has 5 heteroatoms. The highest BCUT2D eigenvalue weighted by molar-refractivity contribution is 7.09. The average Bonchev–Trinajstić information content (AvgIpc) is 2.40. The minimum Gasteiger partial charge on any atom is -0.394 e. The van der Waals surface area contributed by atoms with E-state index in [9.17, 15) is 0 Å². The monoisotopic (exact) mass is 159 g/mol. The Bertz CT molecular complexity index is 177. The van der Waals surface area contributed by atoms with Crippen LogP contribution in [0, 0.1) is 0 Å². The Morgan fingerprint density at radius 2 is 2.70 bits per heavy atom. The second-order valence-corrected chi connectivity index (χ2v) is 2.75. The molecule has 0 spiro atoms. The molecule has 1 unspecified atom stereocenters. The first-order chi connectivity index (χ1) is 4.83. The Labute approximate surface area is 63.1 Å². The molecule has 0 amide bonds. The summed E-state index contributed by atoms with van der Waals surface area (Å²) in [5.41, 5.74) is 0. The summed E-state index contributed by atoms with van der Waals surface area (Å²) < 4.78 is 3.80. The predicted octanol–water partition coefficient (Wildman–Crippen LogP) is 0.331. The number of rotatable bonds is 3. The second-order valence-electron chi connectivity index (χ2n) is 1.97. The molecule has 10 heavy (non-hydrogen) atoms. The Kier molecular flexibility index (Phi) is 2.58. The zero-order valence-corrected chi connectivity index (χ0v) is 6.43. The Morgan fingerprint density at radius 1 is 1.90 bits per heavy atom. The van der Waals surface area contributed by atoms with Crippen LogP contribution in [0.2, 0.25) is 0 Å². The molecule has 1 rings (SSSR count). The van der Waals surface area contributed by atoms with Crippen LogP contribution in [0.15, 0.2) is 6.33 Å². The third-order valence-corrected chi connectivity index (χ3v) is 1.60. The van der Waals surface area contributed by atoms with E-state index in [1.165, 1.54) is 17.9 Å². The lowest BCUT2D eigenvalue weighted by molar-refractivity contribution is 0.281. The quantitative estimate of drug-likeness (QED) is 0.667. The lowest BCUT2D eigenvalue weighted by atomic mass is 10.4. The summed E-state index contributed by atoms with van der Waals surface area (Å²) in [5.74, 6) is 0. The first-order valence-corrected chi connectivity index (χ1v) is 3.74. The summed E-state index contributed by atoms with van der Waals surface area (Å²) in [6.45, 7) is 1.99. The zero-order chi connectivity index (χ0) is 7.40. The molecule has 0 aliphatic heterocycles. The highest BCUT2D eigenvalue weighted by atomic mass is 32.1. The van der Waals surface area contributed by atoms with E-state index in [1.54, 1.807) is 0 Å². The van der Waals surface area contributed by atoms with Gasteiger partial charge in [-0.2, -0.15) is 4.37 Å². The Balaban J connectivity index is 2.40. The number of nitrogens with zero attached hydrogens (tertiary/aromatic N) is 2. The van der Waals surface area contributed by atoms with Gasteiger partial charge < -0.3 is 10.4 Å². The molecule has 0 bridgehead atoms. The SMILES string of the molecule is CC(CO)Nc1ncns1. The van der Waals surface area contributed by atoms with E-state index < -0.39 is 0 Å². The van der Waals surface area contributed by atoms with Gasteiger partial charge in [-0.1, -0.05) is 0 Å². The van der Waals surface area contributed by atoms with Gasteiger partial charge in [-0.25, -0.2) is 4.98 Å². The molecule has 0 radical (unpaired) electrons. The Hall–Kier alpha value is -0.680. The van der Waals surface area contributed by atoms with Crippen molar-refractivity contribution in [3.63, 3.8) is 0 Å². The summed E-state index contributed by atoms with van der Waals surface area (Å²) in [4.78, 5) is 3.89. The summed E-state index contributed by atoms with van der Waals surface area (Å²) in [7, 11) is 0. The standard InChI is InChI=1S/C5H9N3OS/c1-4(2-9)8-5-6-3-7-10-5/h3-4,9H,2H2,1H3,(H,6,7,8). The number of aromatic nitrogens is 2. The van der Waals surface area contributed by atoms with Crippen molar-refractivity contribution in [3.8, 4) is 0 Å². The molecule has 0 fully saturated rings. The van der Waals surface area contributed by atoms with Crippen molar-refractivity contribution >= 4 is 16.7 Å². The molecule has 4 nitrogen and oxygen atoms in total. The van der Waals surface area contributed by atoms with Crippen LogP contribution in [-0.2, 0) is 0 Å². The van der Waals surface area contributed by atoms with Gasteiger partial charge in [-0.15, -0.1) is 0 Å². The van der Waals surface area contributed by atoms with Crippen LogP contribution in [0.3, 0.4) is 0 Å². The number of nitrogens with one attached hydrogen (secondary N) is 1. The van der Waals surface area contributed by atoms with E-state index in [0.717, 1.165) is 5.13 Å². The maximum atomic E-state index is 8.63. The number of anilines is 1. The highest BCUT2D eigenvalue weighted by Crippen LogP contribution is 2.07. The van der Waals surface area contributed by atoms with E-state index >= 15 is 0 Å². The van der Waals surface area contributed by atoms with Crippen molar-refractivity contribution in [2.45, 2.75) is 13.0 Å². The van der Waals surface area contributed by atoms with Gasteiger partial charge in [-0.3, -0.25) is 0 Å². The molecule has 1 aromatic heterocycles. The van der Waals surface area contributed by atoms with Crippen LogP contribution in [0.1, 0.15) is 6.92 Å². The lowest BCUT2D eigenvalue weighted by Gasteiger charge is -2.06. The molecule has 0 saturated carbocycles. The molecule has 0 aromatic carbocycles.